The number of amides is 2. The van der Waals surface area contributed by atoms with Gasteiger partial charge in [0.05, 0.1) is 17.9 Å². The van der Waals surface area contributed by atoms with Gasteiger partial charge < -0.3 is 34.7 Å². The molecule has 2 aliphatic rings. The van der Waals surface area contributed by atoms with E-state index in [-0.39, 0.29) is 16.8 Å². The zero-order valence-corrected chi connectivity index (χ0v) is 28.9. The van der Waals surface area contributed by atoms with Gasteiger partial charge in [-0.2, -0.15) is 4.72 Å². The number of thiazole rings is 1. The number of carbonyl (C=O) groups is 6. The van der Waals surface area contributed by atoms with Gasteiger partial charge in [-0.15, -0.1) is 23.1 Å². The summed E-state index contributed by atoms with van der Waals surface area (Å²) in [6, 6.07) is -1.35. The molecular formula is C26H35N5O13S3. The predicted molar refractivity (Wildman–Crippen MR) is 164 cm³/mol. The first-order valence-corrected chi connectivity index (χ1v) is 17.2. The summed E-state index contributed by atoms with van der Waals surface area (Å²) in [4.78, 5) is 81.4. The van der Waals surface area contributed by atoms with Gasteiger partial charge in [0.1, 0.15) is 17.1 Å². The first-order chi connectivity index (χ1) is 21.6. The Hall–Kier alpha value is -3.95. The molecule has 0 aromatic carbocycles. The van der Waals surface area contributed by atoms with Gasteiger partial charge in [0.15, 0.2) is 10.9 Å². The third-order valence-corrected chi connectivity index (χ3v) is 9.23. The molecule has 1 fully saturated rings. The van der Waals surface area contributed by atoms with Crippen molar-refractivity contribution in [1.29, 1.82) is 0 Å². The Morgan fingerprint density at radius 1 is 1.06 bits per heavy atom. The van der Waals surface area contributed by atoms with Crippen molar-refractivity contribution in [2.24, 2.45) is 10.8 Å². The van der Waals surface area contributed by atoms with E-state index in [4.69, 9.17) is 24.7 Å². The Morgan fingerprint density at radius 3 is 2.26 bits per heavy atom. The number of hydrogen-bond donors (Lipinski definition) is 3. The molecule has 1 unspecified atom stereocenters. The van der Waals surface area contributed by atoms with E-state index in [0.29, 0.717) is 0 Å². The van der Waals surface area contributed by atoms with Crippen LogP contribution in [0.2, 0.25) is 0 Å². The average Bonchev–Trinajstić information content (AvgIpc) is 3.40. The molecule has 0 saturated carbocycles. The first kappa shape index (κ1) is 37.5. The van der Waals surface area contributed by atoms with Crippen LogP contribution in [0.5, 0.6) is 0 Å². The van der Waals surface area contributed by atoms with E-state index in [1.807, 2.05) is 4.72 Å². The van der Waals surface area contributed by atoms with Gasteiger partial charge in [-0.25, -0.2) is 18.2 Å². The maximum absolute atomic E-state index is 14.0. The largest absolute Gasteiger partial charge is 0.518 e. The molecule has 3 atom stereocenters. The maximum Gasteiger partial charge on any atom is 0.518 e. The van der Waals surface area contributed by atoms with Crippen LogP contribution in [0.3, 0.4) is 0 Å². The number of rotatable bonds is 11. The molecule has 0 aliphatic carbocycles. The van der Waals surface area contributed by atoms with Crippen LogP contribution >= 0.6 is 23.1 Å². The van der Waals surface area contributed by atoms with E-state index >= 15 is 0 Å². The van der Waals surface area contributed by atoms with Gasteiger partial charge in [-0.3, -0.25) is 28.9 Å². The number of β-lactam (4-membered cyclic amide) rings is 1. The van der Waals surface area contributed by atoms with Crippen molar-refractivity contribution in [2.75, 3.05) is 31.1 Å². The second-order valence-electron chi connectivity index (χ2n) is 12.1. The Labute approximate surface area is 278 Å². The minimum absolute atomic E-state index is 0.128. The number of fused-ring (bicyclic) bond motifs is 1. The van der Waals surface area contributed by atoms with Gasteiger partial charge in [0.2, 0.25) is 22.7 Å². The lowest BCUT2D eigenvalue weighted by molar-refractivity contribution is -0.181. The summed E-state index contributed by atoms with van der Waals surface area (Å²) < 4.78 is 52.8. The Morgan fingerprint density at radius 2 is 1.70 bits per heavy atom. The molecule has 21 heteroatoms. The van der Waals surface area contributed by atoms with Gasteiger partial charge in [0, 0.05) is 11.1 Å². The number of nitrogens with one attached hydrogen (secondary N) is 2. The first-order valence-electron chi connectivity index (χ1n) is 13.6. The van der Waals surface area contributed by atoms with Crippen LogP contribution in [0.15, 0.2) is 17.3 Å². The number of thioether (sulfide) groups is 1. The van der Waals surface area contributed by atoms with Crippen LogP contribution in [0, 0.1) is 10.8 Å². The summed E-state index contributed by atoms with van der Waals surface area (Å²) >= 11 is 1.94. The van der Waals surface area contributed by atoms with Crippen LogP contribution in [0.4, 0.5) is 9.93 Å². The monoisotopic (exact) mass is 721 g/mol. The molecule has 47 heavy (non-hydrogen) atoms. The molecular weight excluding hydrogens is 687 g/mol. The number of anilines is 1. The van der Waals surface area contributed by atoms with Crippen molar-refractivity contribution in [2.45, 2.75) is 58.7 Å². The van der Waals surface area contributed by atoms with E-state index in [1.54, 1.807) is 20.8 Å². The number of sulfonamides is 1. The fraction of sp³-hybridized carbons (Fsp3) is 0.577. The molecule has 260 valence electrons. The summed E-state index contributed by atoms with van der Waals surface area (Å²) in [5.74, 6) is -6.32. The predicted octanol–water partition coefficient (Wildman–Crippen LogP) is 0.501. The molecule has 1 aromatic heterocycles. The molecule has 1 aromatic rings. The van der Waals surface area contributed by atoms with Crippen LogP contribution in [-0.2, 0) is 63.4 Å². The molecule has 3 rings (SSSR count). The summed E-state index contributed by atoms with van der Waals surface area (Å²) in [5.41, 5.74) is 0.248. The standard InChI is InChI=1S/C26H35N5O13S3/c1-24(2,3)20(35)41-12-42-23(37)43-14-8-9-45-18-16(17(33)31(14)18)29-19(34)26(13-10-46-22(27)28-13,44-21(36)25(4,5)6)30-47(38,39)11-15(32)40-7/h8,10,16,18,30H,9,11-12H2,1-7H3,(H2,27,28)(H,29,34)/t16-,18+,26?/m1/s1. The van der Waals surface area contributed by atoms with Gasteiger partial charge >= 0.3 is 24.1 Å². The summed E-state index contributed by atoms with van der Waals surface area (Å²) in [6.45, 7) is 8.39. The number of aromatic nitrogens is 1. The van der Waals surface area contributed by atoms with Gasteiger partial charge in [0.25, 0.3) is 17.5 Å². The minimum Gasteiger partial charge on any atom is -0.468 e. The number of ether oxygens (including phenoxy) is 5. The number of nitrogens with zero attached hydrogens (tertiary/aromatic N) is 2. The lowest BCUT2D eigenvalue weighted by atomic mass is 9.96. The molecule has 4 N–H and O–H groups in total. The van der Waals surface area contributed by atoms with Crippen LogP contribution in [0.25, 0.3) is 0 Å². The third kappa shape index (κ3) is 8.90. The normalized spacial score (nSPS) is 19.2. The van der Waals surface area contributed by atoms with Crippen LogP contribution in [0.1, 0.15) is 47.2 Å². The Bertz CT molecular complexity index is 1580. The van der Waals surface area contributed by atoms with Crippen molar-refractivity contribution < 1.29 is 60.9 Å². The molecule has 3 heterocycles. The number of methoxy groups -OCH3 is 1. The molecule has 2 amide bonds. The quantitative estimate of drug-likeness (QED) is 0.122. The van der Waals surface area contributed by atoms with Crippen molar-refractivity contribution in [3.05, 3.63) is 23.0 Å². The third-order valence-electron chi connectivity index (χ3n) is 6.15. The van der Waals surface area contributed by atoms with Gasteiger partial charge in [-0.05, 0) is 47.6 Å². The number of carbonyl (C=O) groups excluding carboxylic acids is 6. The fourth-order valence-electron chi connectivity index (χ4n) is 3.66. The highest BCUT2D eigenvalue weighted by molar-refractivity contribution is 8.00. The number of esters is 3. The topological polar surface area (TPSA) is 249 Å². The maximum atomic E-state index is 14.0. The van der Waals surface area contributed by atoms with Crippen molar-refractivity contribution in [1.82, 2.24) is 19.9 Å². The highest BCUT2D eigenvalue weighted by Crippen LogP contribution is 2.39. The van der Waals surface area contributed by atoms with Crippen molar-refractivity contribution in [3.8, 4) is 0 Å². The number of nitrogen functional groups attached to an aromatic ring is 1. The second kappa shape index (κ2) is 14.0. The van der Waals surface area contributed by atoms with Crippen LogP contribution < -0.4 is 15.8 Å². The van der Waals surface area contributed by atoms with Crippen LogP contribution in [-0.4, -0.2) is 91.0 Å². The molecule has 2 aliphatic heterocycles. The zero-order chi connectivity index (χ0) is 35.5. The van der Waals surface area contributed by atoms with Gasteiger partial charge in [-0.1, -0.05) is 0 Å². The molecule has 1 saturated heterocycles. The molecule has 0 spiro atoms. The highest BCUT2D eigenvalue weighted by atomic mass is 32.2. The van der Waals surface area contributed by atoms with Crippen molar-refractivity contribution >= 4 is 74.1 Å². The smallest absolute Gasteiger partial charge is 0.468 e. The summed E-state index contributed by atoms with van der Waals surface area (Å²) in [6.07, 6.45) is 0.117. The van der Waals surface area contributed by atoms with E-state index in [1.165, 1.54) is 26.8 Å². The molecule has 0 radical (unpaired) electrons. The SMILES string of the molecule is COC(=O)CS(=O)(=O)NC(OC(=O)C(C)(C)C)(C(=O)N[C@@H]1C(=O)N2C(OC(=O)OCOC(=O)C(C)(C)C)=CCS[C@@H]12)c1csc(N)n1. The second-order valence-corrected chi connectivity index (χ2v) is 15.8. The van der Waals surface area contributed by atoms with E-state index in [2.05, 4.69) is 15.0 Å². The lowest BCUT2D eigenvalue weighted by Gasteiger charge is -2.48. The Balaban J connectivity index is 1.86. The highest BCUT2D eigenvalue weighted by Gasteiger charge is 2.57. The van der Waals surface area contributed by atoms with Crippen molar-refractivity contribution in [3.63, 3.8) is 0 Å². The minimum atomic E-state index is -4.78. The lowest BCUT2D eigenvalue weighted by Crippen LogP contribution is -2.72. The average molecular weight is 722 g/mol. The molecule has 0 bridgehead atoms. The number of hydrogen-bond acceptors (Lipinski definition) is 17. The fourth-order valence-corrected chi connectivity index (χ4v) is 6.61. The summed E-state index contributed by atoms with van der Waals surface area (Å²) in [7, 11) is -3.84. The number of nitrogens with two attached hydrogens (primary N) is 1. The summed E-state index contributed by atoms with van der Waals surface area (Å²) in [5, 5.41) is 2.55. The van der Waals surface area contributed by atoms with E-state index < -0.39 is 92.1 Å². The Kier molecular flexibility index (Phi) is 11.2. The van der Waals surface area contributed by atoms with E-state index in [9.17, 15) is 37.2 Å². The molecule has 18 nitrogen and oxygen atoms in total. The zero-order valence-electron chi connectivity index (χ0n) is 26.4. The van der Waals surface area contributed by atoms with E-state index in [0.717, 1.165) is 40.5 Å².